The molecule has 2 aliphatic carbocycles. The van der Waals surface area contributed by atoms with Crippen molar-refractivity contribution in [1.82, 2.24) is 0 Å². The van der Waals surface area contributed by atoms with Gasteiger partial charge in [-0.05, 0) is 61.2 Å². The number of fused-ring (bicyclic) bond motifs is 1. The van der Waals surface area contributed by atoms with E-state index < -0.39 is 0 Å². The molecule has 0 bridgehead atoms. The lowest BCUT2D eigenvalue weighted by Crippen LogP contribution is -2.17. The van der Waals surface area contributed by atoms with Gasteiger partial charge in [0.15, 0.2) is 0 Å². The Bertz CT molecular complexity index is 253. The Morgan fingerprint density at radius 2 is 1.75 bits per heavy atom. The van der Waals surface area contributed by atoms with Gasteiger partial charge in [-0.1, -0.05) is 39.8 Å². The summed E-state index contributed by atoms with van der Waals surface area (Å²) in [6.07, 6.45) is 5.56. The van der Waals surface area contributed by atoms with Crippen LogP contribution in [0.15, 0.2) is 12.2 Å². The Labute approximate surface area is 102 Å². The third-order valence-corrected chi connectivity index (χ3v) is 5.11. The predicted molar refractivity (Wildman–Crippen MR) is 71.2 cm³/mol. The van der Waals surface area contributed by atoms with Crippen LogP contribution in [0.1, 0.15) is 53.4 Å². The molecule has 0 amide bonds. The van der Waals surface area contributed by atoms with Gasteiger partial charge >= 0.3 is 0 Å². The largest absolute Gasteiger partial charge is 0.0996 e. The van der Waals surface area contributed by atoms with E-state index in [1.807, 2.05) is 0 Å². The second-order valence-corrected chi connectivity index (χ2v) is 6.61. The summed E-state index contributed by atoms with van der Waals surface area (Å²) in [5.74, 6) is 5.76. The average Bonchev–Trinajstić information content (AvgIpc) is 2.66. The molecule has 0 aliphatic heterocycles. The van der Waals surface area contributed by atoms with Gasteiger partial charge in [-0.15, -0.1) is 0 Å². The van der Waals surface area contributed by atoms with Gasteiger partial charge in [0.25, 0.3) is 0 Å². The molecule has 2 fully saturated rings. The third-order valence-electron chi connectivity index (χ3n) is 5.11. The Kier molecular flexibility index (Phi) is 3.47. The summed E-state index contributed by atoms with van der Waals surface area (Å²) in [5, 5.41) is 0. The van der Waals surface area contributed by atoms with Crippen molar-refractivity contribution in [3.63, 3.8) is 0 Å². The van der Waals surface area contributed by atoms with E-state index in [0.717, 1.165) is 35.5 Å². The molecule has 0 saturated heterocycles. The van der Waals surface area contributed by atoms with Crippen LogP contribution in [0.25, 0.3) is 0 Å². The molecule has 0 N–H and O–H groups in total. The summed E-state index contributed by atoms with van der Waals surface area (Å²) < 4.78 is 0. The van der Waals surface area contributed by atoms with E-state index in [9.17, 15) is 0 Å². The summed E-state index contributed by atoms with van der Waals surface area (Å²) in [6, 6.07) is 0. The van der Waals surface area contributed by atoms with Crippen molar-refractivity contribution in [2.45, 2.75) is 53.4 Å². The normalized spacial score (nSPS) is 35.2. The first-order valence-electron chi connectivity index (χ1n) is 7.23. The molecule has 0 spiro atoms. The van der Waals surface area contributed by atoms with Gasteiger partial charge in [0.1, 0.15) is 0 Å². The van der Waals surface area contributed by atoms with Gasteiger partial charge in [-0.25, -0.2) is 0 Å². The van der Waals surface area contributed by atoms with Crippen molar-refractivity contribution < 1.29 is 0 Å². The fourth-order valence-corrected chi connectivity index (χ4v) is 4.17. The van der Waals surface area contributed by atoms with Crippen LogP contribution in [0.3, 0.4) is 0 Å². The first kappa shape index (κ1) is 12.2. The molecule has 0 aromatic carbocycles. The van der Waals surface area contributed by atoms with Gasteiger partial charge in [-0.3, -0.25) is 0 Å². The first-order valence-corrected chi connectivity index (χ1v) is 7.23. The summed E-state index contributed by atoms with van der Waals surface area (Å²) in [5.41, 5.74) is 1.52. The third kappa shape index (κ3) is 2.08. The van der Waals surface area contributed by atoms with E-state index in [-0.39, 0.29) is 0 Å². The number of allylic oxidation sites excluding steroid dienone is 1. The minimum Gasteiger partial charge on any atom is -0.0996 e. The van der Waals surface area contributed by atoms with Crippen molar-refractivity contribution in [2.75, 3.05) is 0 Å². The molecule has 4 unspecified atom stereocenters. The molecular weight excluding hydrogens is 192 g/mol. The minimum atomic E-state index is 0.768. The number of hydrogen-bond donors (Lipinski definition) is 0. The smallest absolute Gasteiger partial charge is 0.0180 e. The van der Waals surface area contributed by atoms with Crippen LogP contribution in [0, 0.1) is 35.5 Å². The maximum atomic E-state index is 4.37. The van der Waals surface area contributed by atoms with Crippen molar-refractivity contribution >= 4 is 0 Å². The highest BCUT2D eigenvalue weighted by molar-refractivity contribution is 5.12. The molecule has 92 valence electrons. The van der Waals surface area contributed by atoms with Crippen molar-refractivity contribution in [3.8, 4) is 0 Å². The second-order valence-electron chi connectivity index (χ2n) is 6.61. The molecule has 2 rings (SSSR count). The highest BCUT2D eigenvalue weighted by Gasteiger charge is 2.58. The monoisotopic (exact) mass is 220 g/mol. The highest BCUT2D eigenvalue weighted by Crippen LogP contribution is 2.65. The van der Waals surface area contributed by atoms with Gasteiger partial charge in [0.2, 0.25) is 0 Å². The predicted octanol–water partition coefficient (Wildman–Crippen LogP) is 4.91. The Morgan fingerprint density at radius 1 is 1.19 bits per heavy atom. The quantitative estimate of drug-likeness (QED) is 0.558. The van der Waals surface area contributed by atoms with E-state index in [0.29, 0.717) is 0 Å². The van der Waals surface area contributed by atoms with Crippen molar-refractivity contribution in [1.29, 1.82) is 0 Å². The molecule has 0 heteroatoms. The molecule has 0 aromatic heterocycles. The summed E-state index contributed by atoms with van der Waals surface area (Å²) in [7, 11) is 0. The SMILES string of the molecule is C=C(CC(C)C)C(CC)C(C)C1C2CCC21. The Morgan fingerprint density at radius 3 is 2.12 bits per heavy atom. The maximum absolute atomic E-state index is 4.37. The Hall–Kier alpha value is -0.260. The standard InChI is InChI=1S/C16H28/c1-6-13(11(4)9-10(2)3)12(5)16-14-7-8-15(14)16/h10,12-16H,4,6-9H2,1-3,5H3. The number of rotatable bonds is 6. The van der Waals surface area contributed by atoms with E-state index in [2.05, 4.69) is 34.3 Å². The molecule has 2 aliphatic rings. The zero-order chi connectivity index (χ0) is 11.9. The average molecular weight is 220 g/mol. The van der Waals surface area contributed by atoms with Crippen LogP contribution in [0.4, 0.5) is 0 Å². The summed E-state index contributed by atoms with van der Waals surface area (Å²) in [6.45, 7) is 13.8. The molecule has 0 nitrogen and oxygen atoms in total. The fraction of sp³-hybridized carbons (Fsp3) is 0.875. The van der Waals surface area contributed by atoms with E-state index in [1.165, 1.54) is 31.3 Å². The molecule has 16 heavy (non-hydrogen) atoms. The highest BCUT2D eigenvalue weighted by atomic mass is 14.6. The molecular formula is C16H28. The van der Waals surface area contributed by atoms with Crippen molar-refractivity contribution in [2.24, 2.45) is 35.5 Å². The van der Waals surface area contributed by atoms with Crippen LogP contribution in [-0.4, -0.2) is 0 Å². The summed E-state index contributed by atoms with van der Waals surface area (Å²) in [4.78, 5) is 0. The second kappa shape index (κ2) is 4.55. The first-order chi connectivity index (χ1) is 7.56. The van der Waals surface area contributed by atoms with Crippen LogP contribution < -0.4 is 0 Å². The molecule has 0 radical (unpaired) electrons. The minimum absolute atomic E-state index is 0.768. The van der Waals surface area contributed by atoms with E-state index >= 15 is 0 Å². The zero-order valence-corrected chi connectivity index (χ0v) is 11.5. The molecule has 2 saturated carbocycles. The van der Waals surface area contributed by atoms with Gasteiger partial charge in [0.05, 0.1) is 0 Å². The maximum Gasteiger partial charge on any atom is -0.0180 e. The molecule has 4 atom stereocenters. The fourth-order valence-electron chi connectivity index (χ4n) is 4.17. The molecule has 0 aromatic rings. The van der Waals surface area contributed by atoms with Crippen molar-refractivity contribution in [3.05, 3.63) is 12.2 Å². The van der Waals surface area contributed by atoms with Gasteiger partial charge in [-0.2, -0.15) is 0 Å². The lowest BCUT2D eigenvalue weighted by Gasteiger charge is -2.26. The summed E-state index contributed by atoms with van der Waals surface area (Å²) >= 11 is 0. The lowest BCUT2D eigenvalue weighted by atomic mass is 9.79. The number of hydrogen-bond acceptors (Lipinski definition) is 0. The van der Waals surface area contributed by atoms with Crippen LogP contribution in [0.2, 0.25) is 0 Å². The van der Waals surface area contributed by atoms with Crippen LogP contribution in [-0.2, 0) is 0 Å². The topological polar surface area (TPSA) is 0 Å². The Balaban J connectivity index is 1.90. The van der Waals surface area contributed by atoms with Gasteiger partial charge in [0, 0.05) is 0 Å². The van der Waals surface area contributed by atoms with Crippen LogP contribution >= 0.6 is 0 Å². The van der Waals surface area contributed by atoms with Gasteiger partial charge < -0.3 is 0 Å². The van der Waals surface area contributed by atoms with E-state index in [1.54, 1.807) is 0 Å². The van der Waals surface area contributed by atoms with Crippen LogP contribution in [0.5, 0.6) is 0 Å². The zero-order valence-electron chi connectivity index (χ0n) is 11.5. The molecule has 0 heterocycles. The van der Waals surface area contributed by atoms with E-state index in [4.69, 9.17) is 0 Å². The lowest BCUT2D eigenvalue weighted by molar-refractivity contribution is 0.330.